The highest BCUT2D eigenvalue weighted by Crippen LogP contribution is 2.27. The van der Waals surface area contributed by atoms with Crippen molar-refractivity contribution in [3.8, 4) is 11.5 Å². The molecule has 5 rings (SSSR count). The van der Waals surface area contributed by atoms with Crippen LogP contribution in [0.1, 0.15) is 40.6 Å². The van der Waals surface area contributed by atoms with Crippen LogP contribution in [-0.2, 0) is 7.05 Å². The third-order valence-corrected chi connectivity index (χ3v) is 5.82. The first kappa shape index (κ1) is 18.5. The molecule has 1 aliphatic heterocycles. The van der Waals surface area contributed by atoms with E-state index in [4.69, 9.17) is 0 Å². The Morgan fingerprint density at radius 2 is 1.93 bits per heavy atom. The van der Waals surface area contributed by atoms with Gasteiger partial charge in [0.1, 0.15) is 5.82 Å². The van der Waals surface area contributed by atoms with Gasteiger partial charge >= 0.3 is 0 Å². The van der Waals surface area contributed by atoms with E-state index in [2.05, 4.69) is 20.2 Å². The Kier molecular flexibility index (Phi) is 4.54. The molecule has 1 amide bonds. The Morgan fingerprint density at radius 3 is 2.67 bits per heavy atom. The predicted molar refractivity (Wildman–Crippen MR) is 112 cm³/mol. The van der Waals surface area contributed by atoms with Crippen molar-refractivity contribution in [2.24, 2.45) is 7.05 Å². The molecule has 8 nitrogen and oxygen atoms in total. The van der Waals surface area contributed by atoms with E-state index in [1.165, 1.54) is 0 Å². The number of amides is 1. The van der Waals surface area contributed by atoms with Gasteiger partial charge in [0.05, 0.1) is 11.3 Å². The standard InChI is InChI=1S/C22H23N7O/c1-15-23-10-7-18(24-15)16-8-12-28(13-9-16)22(30)17-5-6-20-25-26-21(29(20)14-17)19-4-3-11-27(19)2/h3-7,10-11,14,16H,8-9,12-13H2,1-2H3. The number of carbonyl (C=O) groups excluding carboxylic acids is 1. The monoisotopic (exact) mass is 401 g/mol. The fourth-order valence-corrected chi connectivity index (χ4v) is 4.15. The number of rotatable bonds is 3. The molecule has 152 valence electrons. The SMILES string of the molecule is Cc1nccc(C2CCN(C(=O)c3ccc4nnc(-c5cccn5C)n4c3)CC2)n1. The third kappa shape index (κ3) is 3.24. The van der Waals surface area contributed by atoms with Gasteiger partial charge in [-0.05, 0) is 50.1 Å². The third-order valence-electron chi connectivity index (χ3n) is 5.82. The average molecular weight is 401 g/mol. The number of fused-ring (bicyclic) bond motifs is 1. The second kappa shape index (κ2) is 7.37. The summed E-state index contributed by atoms with van der Waals surface area (Å²) in [5.74, 6) is 1.94. The molecule has 1 saturated heterocycles. The first-order valence-corrected chi connectivity index (χ1v) is 10.2. The first-order valence-electron chi connectivity index (χ1n) is 10.2. The number of hydrogen-bond acceptors (Lipinski definition) is 5. The number of pyridine rings is 1. The Balaban J connectivity index is 1.36. The molecule has 0 saturated carbocycles. The van der Waals surface area contributed by atoms with Crippen molar-refractivity contribution in [3.05, 3.63) is 66.0 Å². The van der Waals surface area contributed by atoms with Gasteiger partial charge in [0, 0.05) is 50.3 Å². The Hall–Kier alpha value is -3.55. The van der Waals surface area contributed by atoms with Crippen LogP contribution in [0.5, 0.6) is 0 Å². The topological polar surface area (TPSA) is 81.2 Å². The molecule has 30 heavy (non-hydrogen) atoms. The average Bonchev–Trinajstić information content (AvgIpc) is 3.38. The molecule has 5 heterocycles. The van der Waals surface area contributed by atoms with E-state index in [1.807, 2.05) is 76.8 Å². The van der Waals surface area contributed by atoms with Crippen molar-refractivity contribution in [2.75, 3.05) is 13.1 Å². The second-order valence-corrected chi connectivity index (χ2v) is 7.77. The normalized spacial score (nSPS) is 15.1. The van der Waals surface area contributed by atoms with E-state index in [1.54, 1.807) is 0 Å². The van der Waals surface area contributed by atoms with Crippen LogP contribution in [0, 0.1) is 6.92 Å². The molecule has 4 aromatic heterocycles. The molecule has 1 aliphatic rings. The fourth-order valence-electron chi connectivity index (χ4n) is 4.15. The summed E-state index contributed by atoms with van der Waals surface area (Å²) >= 11 is 0. The maximum Gasteiger partial charge on any atom is 0.255 e. The van der Waals surface area contributed by atoms with Gasteiger partial charge < -0.3 is 9.47 Å². The first-order chi connectivity index (χ1) is 14.6. The van der Waals surface area contributed by atoms with E-state index in [0.29, 0.717) is 11.5 Å². The zero-order chi connectivity index (χ0) is 20.7. The van der Waals surface area contributed by atoms with Crippen LogP contribution >= 0.6 is 0 Å². The van der Waals surface area contributed by atoms with Crippen molar-refractivity contribution in [2.45, 2.75) is 25.7 Å². The molecule has 0 bridgehead atoms. The number of piperidine rings is 1. The van der Waals surface area contributed by atoms with Crippen molar-refractivity contribution >= 4 is 11.6 Å². The minimum absolute atomic E-state index is 0.0424. The zero-order valence-corrected chi connectivity index (χ0v) is 17.1. The minimum atomic E-state index is 0.0424. The molecule has 8 heteroatoms. The molecule has 0 N–H and O–H groups in total. The zero-order valence-electron chi connectivity index (χ0n) is 17.1. The Labute approximate surface area is 174 Å². The lowest BCUT2D eigenvalue weighted by Crippen LogP contribution is -2.38. The highest BCUT2D eigenvalue weighted by molar-refractivity contribution is 5.94. The van der Waals surface area contributed by atoms with E-state index < -0.39 is 0 Å². The quantitative estimate of drug-likeness (QED) is 0.527. The van der Waals surface area contributed by atoms with Gasteiger partial charge in [-0.1, -0.05) is 0 Å². The van der Waals surface area contributed by atoms with Crippen molar-refractivity contribution in [3.63, 3.8) is 0 Å². The Morgan fingerprint density at radius 1 is 1.10 bits per heavy atom. The number of aromatic nitrogens is 6. The minimum Gasteiger partial charge on any atom is -0.348 e. The fraction of sp³-hybridized carbons (Fsp3) is 0.318. The number of nitrogens with zero attached hydrogens (tertiary/aromatic N) is 7. The number of aryl methyl sites for hydroxylation is 2. The lowest BCUT2D eigenvalue weighted by Gasteiger charge is -2.31. The van der Waals surface area contributed by atoms with Crippen molar-refractivity contribution < 1.29 is 4.79 Å². The highest BCUT2D eigenvalue weighted by atomic mass is 16.2. The van der Waals surface area contributed by atoms with Crippen LogP contribution in [0.25, 0.3) is 17.2 Å². The van der Waals surface area contributed by atoms with Gasteiger partial charge in [-0.2, -0.15) is 0 Å². The highest BCUT2D eigenvalue weighted by Gasteiger charge is 2.26. The van der Waals surface area contributed by atoms with Gasteiger partial charge in [0.15, 0.2) is 11.5 Å². The van der Waals surface area contributed by atoms with Crippen LogP contribution < -0.4 is 0 Å². The molecule has 0 atom stereocenters. The lowest BCUT2D eigenvalue weighted by molar-refractivity contribution is 0.0711. The number of carbonyl (C=O) groups is 1. The lowest BCUT2D eigenvalue weighted by atomic mass is 9.93. The molecule has 0 aromatic carbocycles. The van der Waals surface area contributed by atoms with Gasteiger partial charge in [0.25, 0.3) is 5.91 Å². The Bertz CT molecular complexity index is 1220. The molecule has 0 spiro atoms. The van der Waals surface area contributed by atoms with Crippen LogP contribution in [0.4, 0.5) is 0 Å². The van der Waals surface area contributed by atoms with Crippen LogP contribution in [0.15, 0.2) is 48.9 Å². The molecule has 4 aromatic rings. The van der Waals surface area contributed by atoms with Crippen LogP contribution in [0.2, 0.25) is 0 Å². The van der Waals surface area contributed by atoms with Crippen molar-refractivity contribution in [1.82, 2.24) is 34.0 Å². The van der Waals surface area contributed by atoms with Crippen molar-refractivity contribution in [1.29, 1.82) is 0 Å². The maximum atomic E-state index is 13.2. The van der Waals surface area contributed by atoms with Gasteiger partial charge in [0.2, 0.25) is 0 Å². The van der Waals surface area contributed by atoms with Gasteiger partial charge in [-0.3, -0.25) is 9.20 Å². The molecular weight excluding hydrogens is 378 g/mol. The molecular formula is C22H23N7O. The van der Waals surface area contributed by atoms with Gasteiger partial charge in [-0.15, -0.1) is 10.2 Å². The maximum absolute atomic E-state index is 13.2. The van der Waals surface area contributed by atoms with Crippen LogP contribution in [-0.4, -0.2) is 53.0 Å². The summed E-state index contributed by atoms with van der Waals surface area (Å²) in [5, 5.41) is 8.56. The van der Waals surface area contributed by atoms with E-state index in [9.17, 15) is 4.79 Å². The molecule has 0 unspecified atom stereocenters. The van der Waals surface area contributed by atoms with E-state index in [-0.39, 0.29) is 5.91 Å². The summed E-state index contributed by atoms with van der Waals surface area (Å²) in [6.45, 7) is 3.35. The van der Waals surface area contributed by atoms with Gasteiger partial charge in [-0.25, -0.2) is 9.97 Å². The summed E-state index contributed by atoms with van der Waals surface area (Å²) in [7, 11) is 1.97. The largest absolute Gasteiger partial charge is 0.348 e. The molecule has 0 radical (unpaired) electrons. The van der Waals surface area contributed by atoms with E-state index >= 15 is 0 Å². The predicted octanol–water partition coefficient (Wildman–Crippen LogP) is 2.85. The smallest absolute Gasteiger partial charge is 0.255 e. The van der Waals surface area contributed by atoms with Crippen LogP contribution in [0.3, 0.4) is 0 Å². The van der Waals surface area contributed by atoms with E-state index in [0.717, 1.165) is 54.6 Å². The summed E-state index contributed by atoms with van der Waals surface area (Å²) < 4.78 is 3.88. The number of likely N-dealkylation sites (tertiary alicyclic amines) is 1. The molecule has 0 aliphatic carbocycles. The number of hydrogen-bond donors (Lipinski definition) is 0. The summed E-state index contributed by atoms with van der Waals surface area (Å²) in [4.78, 5) is 23.8. The second-order valence-electron chi connectivity index (χ2n) is 7.77. The summed E-state index contributed by atoms with van der Waals surface area (Å²) in [6.07, 6.45) is 7.44. The summed E-state index contributed by atoms with van der Waals surface area (Å²) in [6, 6.07) is 9.63. The molecule has 1 fully saturated rings. The summed E-state index contributed by atoms with van der Waals surface area (Å²) in [5.41, 5.74) is 3.40.